The quantitative estimate of drug-likeness (QED) is 0.335. The van der Waals surface area contributed by atoms with E-state index in [9.17, 15) is 14.7 Å². The fraction of sp³-hybridized carbons (Fsp3) is 0.750. The molecule has 0 aliphatic heterocycles. The lowest BCUT2D eigenvalue weighted by Crippen LogP contribution is -2.66. The minimum absolute atomic E-state index is 0.0292. The average molecular weight is 634 g/mol. The van der Waals surface area contributed by atoms with Crippen molar-refractivity contribution in [1.82, 2.24) is 5.32 Å². The van der Waals surface area contributed by atoms with Crippen molar-refractivity contribution in [2.75, 3.05) is 20.8 Å². The van der Waals surface area contributed by atoms with Gasteiger partial charge in [-0.3, -0.25) is 9.59 Å². The molecule has 5 aliphatic rings. The van der Waals surface area contributed by atoms with Crippen molar-refractivity contribution in [2.45, 2.75) is 119 Å². The number of allylic oxidation sites excluding steroid dienone is 2. The van der Waals surface area contributed by atoms with Crippen LogP contribution >= 0.6 is 0 Å². The summed E-state index contributed by atoms with van der Waals surface area (Å²) in [6.07, 6.45) is 11.2. The van der Waals surface area contributed by atoms with Crippen LogP contribution in [0.15, 0.2) is 29.8 Å². The number of amides is 1. The van der Waals surface area contributed by atoms with E-state index in [0.717, 1.165) is 63.4 Å². The Morgan fingerprint density at radius 3 is 2.30 bits per heavy atom. The maximum absolute atomic E-state index is 14.6. The summed E-state index contributed by atoms with van der Waals surface area (Å²) in [7, 11) is 3.27. The first-order valence-electron chi connectivity index (χ1n) is 17.9. The number of carbonyl (C=O) groups is 2. The van der Waals surface area contributed by atoms with Gasteiger partial charge >= 0.3 is 0 Å². The Labute approximate surface area is 277 Å². The molecule has 0 radical (unpaired) electrons. The van der Waals surface area contributed by atoms with E-state index >= 15 is 0 Å². The zero-order valence-corrected chi connectivity index (χ0v) is 30.0. The van der Waals surface area contributed by atoms with E-state index < -0.39 is 5.41 Å². The largest absolute Gasteiger partial charge is 0.493 e. The molecule has 0 heterocycles. The Balaban J connectivity index is 1.25. The van der Waals surface area contributed by atoms with Gasteiger partial charge in [0, 0.05) is 17.9 Å². The van der Waals surface area contributed by atoms with E-state index in [1.54, 1.807) is 14.2 Å². The molecule has 46 heavy (non-hydrogen) atoms. The van der Waals surface area contributed by atoms with Gasteiger partial charge in [-0.1, -0.05) is 60.1 Å². The van der Waals surface area contributed by atoms with Crippen molar-refractivity contribution in [3.05, 3.63) is 35.4 Å². The second-order valence-corrected chi connectivity index (χ2v) is 17.8. The molecule has 1 unspecified atom stereocenters. The third-order valence-electron chi connectivity index (χ3n) is 15.2. The molecule has 1 aromatic rings. The van der Waals surface area contributed by atoms with E-state index in [-0.39, 0.29) is 50.9 Å². The molecule has 1 aromatic carbocycles. The van der Waals surface area contributed by atoms with Crippen molar-refractivity contribution in [3.63, 3.8) is 0 Å². The normalized spacial score (nSPS) is 42.8. The van der Waals surface area contributed by atoms with Gasteiger partial charge in [-0.15, -0.1) is 0 Å². The predicted octanol–water partition coefficient (Wildman–Crippen LogP) is 7.70. The summed E-state index contributed by atoms with van der Waals surface area (Å²) >= 11 is 0. The van der Waals surface area contributed by atoms with Crippen molar-refractivity contribution in [2.24, 2.45) is 50.2 Å². The molecule has 254 valence electrons. The summed E-state index contributed by atoms with van der Waals surface area (Å²) in [5.41, 5.74) is 1.54. The Hall–Kier alpha value is -2.34. The lowest BCUT2D eigenvalue weighted by molar-refractivity contribution is -0.202. The molecule has 9 atom stereocenters. The molecule has 6 rings (SSSR count). The number of hydrogen-bond donors (Lipinski definition) is 2. The average Bonchev–Trinajstić information content (AvgIpc) is 3.01. The van der Waals surface area contributed by atoms with Crippen molar-refractivity contribution in [1.29, 1.82) is 0 Å². The minimum Gasteiger partial charge on any atom is -0.493 e. The Morgan fingerprint density at radius 2 is 1.61 bits per heavy atom. The molecule has 1 amide bonds. The number of carbonyl (C=O) groups excluding carboxylic acids is 2. The van der Waals surface area contributed by atoms with Gasteiger partial charge in [0.2, 0.25) is 5.91 Å². The van der Waals surface area contributed by atoms with Crippen LogP contribution in [0, 0.1) is 50.2 Å². The third-order valence-corrected chi connectivity index (χ3v) is 15.2. The zero-order chi connectivity index (χ0) is 33.5. The van der Waals surface area contributed by atoms with Gasteiger partial charge in [0.15, 0.2) is 17.3 Å². The highest BCUT2D eigenvalue weighted by Gasteiger charge is 2.70. The van der Waals surface area contributed by atoms with Crippen molar-refractivity contribution in [3.8, 4) is 11.5 Å². The van der Waals surface area contributed by atoms with Gasteiger partial charge in [0.05, 0.1) is 20.3 Å². The zero-order valence-electron chi connectivity index (χ0n) is 30.0. The van der Waals surface area contributed by atoms with E-state index in [4.69, 9.17) is 9.47 Å². The molecule has 0 bridgehead atoms. The number of methoxy groups -OCH3 is 2. The lowest BCUT2D eigenvalue weighted by Gasteiger charge is -2.70. The van der Waals surface area contributed by atoms with Crippen LogP contribution in [-0.2, 0) is 16.0 Å². The first-order chi connectivity index (χ1) is 21.5. The molecule has 4 fully saturated rings. The first kappa shape index (κ1) is 33.6. The van der Waals surface area contributed by atoms with Crippen molar-refractivity contribution >= 4 is 11.7 Å². The van der Waals surface area contributed by atoms with Gasteiger partial charge in [-0.25, -0.2) is 0 Å². The number of nitrogens with one attached hydrogen (secondary N) is 1. The van der Waals surface area contributed by atoms with Crippen LogP contribution in [0.2, 0.25) is 0 Å². The summed E-state index contributed by atoms with van der Waals surface area (Å²) < 4.78 is 10.8. The van der Waals surface area contributed by atoms with Crippen LogP contribution in [0.4, 0.5) is 0 Å². The number of rotatable bonds is 6. The summed E-state index contributed by atoms with van der Waals surface area (Å²) in [6.45, 7) is 16.9. The van der Waals surface area contributed by atoms with Gasteiger partial charge in [0.25, 0.3) is 0 Å². The summed E-state index contributed by atoms with van der Waals surface area (Å²) in [4.78, 5) is 28.5. The van der Waals surface area contributed by atoms with Gasteiger partial charge in [0.1, 0.15) is 0 Å². The second kappa shape index (κ2) is 11.1. The minimum atomic E-state index is -0.477. The standard InChI is InChI=1S/C40H59NO5/c1-35(2)31-12-16-40(7)33(38(31,5)15-13-32(35)43)28(42)23-26-27-24-37(4,18-17-36(27,3)19-20-39(26,40)6)34(44)41-21-14-25-10-11-29(45-8)30(22-25)46-9/h10-11,22-23,27,31-33,43H,12-21,24H2,1-9H3,(H,41,44)/t27-,31?,32+,33-,36-,37+,38+,39-,40-/m1/s1. The molecule has 4 saturated carbocycles. The summed E-state index contributed by atoms with van der Waals surface area (Å²) in [5.74, 6) is 2.36. The topological polar surface area (TPSA) is 84.9 Å². The van der Waals surface area contributed by atoms with Crippen LogP contribution in [0.5, 0.6) is 11.5 Å². The van der Waals surface area contributed by atoms with Gasteiger partial charge in [-0.05, 0) is 127 Å². The SMILES string of the molecule is COc1ccc(CCNC(=O)[C@@]2(C)CC[C@]3(C)CC[C@]4(C)C(=CC(=O)[C@@H]5[C@@]6(C)CC[C@H](O)C(C)(C)C6CC[C@]54C)[C@H]3C2)cc1OC. The van der Waals surface area contributed by atoms with E-state index in [2.05, 4.69) is 59.9 Å². The maximum Gasteiger partial charge on any atom is 0.225 e. The van der Waals surface area contributed by atoms with Crippen LogP contribution in [0.3, 0.4) is 0 Å². The fourth-order valence-corrected chi connectivity index (χ4v) is 11.9. The van der Waals surface area contributed by atoms with Crippen LogP contribution in [0.25, 0.3) is 0 Å². The number of ether oxygens (including phenoxy) is 2. The number of aliphatic hydroxyl groups excluding tert-OH is 1. The fourth-order valence-electron chi connectivity index (χ4n) is 11.9. The molecule has 0 spiro atoms. The smallest absolute Gasteiger partial charge is 0.225 e. The van der Waals surface area contributed by atoms with E-state index in [0.29, 0.717) is 36.2 Å². The van der Waals surface area contributed by atoms with Gasteiger partial charge in [-0.2, -0.15) is 0 Å². The Kier molecular flexibility index (Phi) is 8.10. The maximum atomic E-state index is 14.6. The third kappa shape index (κ3) is 4.73. The highest BCUT2D eigenvalue weighted by molar-refractivity contribution is 5.95. The summed E-state index contributed by atoms with van der Waals surface area (Å²) in [5, 5.41) is 14.3. The number of fused-ring (bicyclic) bond motifs is 7. The van der Waals surface area contributed by atoms with Crippen molar-refractivity contribution < 1.29 is 24.2 Å². The molecular formula is C40H59NO5. The van der Waals surface area contributed by atoms with Crippen LogP contribution < -0.4 is 14.8 Å². The van der Waals surface area contributed by atoms with E-state index in [1.165, 1.54) is 5.57 Å². The number of aliphatic hydroxyl groups is 1. The molecule has 5 aliphatic carbocycles. The summed E-state index contributed by atoms with van der Waals surface area (Å²) in [6, 6.07) is 5.91. The molecule has 6 nitrogen and oxygen atoms in total. The number of ketones is 1. The number of hydrogen-bond acceptors (Lipinski definition) is 5. The highest BCUT2D eigenvalue weighted by atomic mass is 16.5. The highest BCUT2D eigenvalue weighted by Crippen LogP contribution is 2.75. The Bertz CT molecular complexity index is 1430. The predicted molar refractivity (Wildman–Crippen MR) is 182 cm³/mol. The second-order valence-electron chi connectivity index (χ2n) is 17.8. The van der Waals surface area contributed by atoms with Crippen LogP contribution in [-0.4, -0.2) is 43.7 Å². The monoisotopic (exact) mass is 633 g/mol. The van der Waals surface area contributed by atoms with Crippen LogP contribution in [0.1, 0.15) is 112 Å². The molecular weight excluding hydrogens is 574 g/mol. The molecule has 0 saturated heterocycles. The van der Waals surface area contributed by atoms with Gasteiger partial charge < -0.3 is 19.9 Å². The lowest BCUT2D eigenvalue weighted by atomic mass is 9.33. The Morgan fingerprint density at radius 1 is 0.913 bits per heavy atom. The number of benzene rings is 1. The molecule has 2 N–H and O–H groups in total. The molecule has 0 aromatic heterocycles. The first-order valence-corrected chi connectivity index (χ1v) is 17.9. The molecule has 6 heteroatoms. The van der Waals surface area contributed by atoms with E-state index in [1.807, 2.05) is 18.2 Å².